The van der Waals surface area contributed by atoms with Gasteiger partial charge in [-0.15, -0.1) is 11.3 Å². The van der Waals surface area contributed by atoms with Crippen LogP contribution in [0.25, 0.3) is 0 Å². The number of thiophene rings is 1. The SMILES string of the molecule is CCN1C(=O)CN(C)C(=O)c2c1sc1c2CCN(c2cc(N)ncn2)C1. The first-order valence-corrected chi connectivity index (χ1v) is 9.34. The quantitative estimate of drug-likeness (QED) is 0.849. The van der Waals surface area contributed by atoms with Crippen molar-refractivity contribution in [2.24, 2.45) is 0 Å². The Kier molecular flexibility index (Phi) is 4.03. The topological polar surface area (TPSA) is 95.7 Å². The van der Waals surface area contributed by atoms with Gasteiger partial charge in [0.05, 0.1) is 12.1 Å². The smallest absolute Gasteiger partial charge is 0.257 e. The molecule has 2 amide bonds. The molecule has 0 saturated carbocycles. The van der Waals surface area contributed by atoms with Gasteiger partial charge in [-0.25, -0.2) is 9.97 Å². The predicted molar refractivity (Wildman–Crippen MR) is 101 cm³/mol. The molecule has 2 aliphatic rings. The molecule has 0 unspecified atom stereocenters. The lowest BCUT2D eigenvalue weighted by atomic mass is 10.0. The lowest BCUT2D eigenvalue weighted by Crippen LogP contribution is -2.37. The molecule has 0 spiro atoms. The zero-order valence-electron chi connectivity index (χ0n) is 14.7. The molecule has 4 rings (SSSR count). The molecule has 136 valence electrons. The molecule has 8 nitrogen and oxygen atoms in total. The molecule has 0 radical (unpaired) electrons. The minimum absolute atomic E-state index is 0.0406. The number of hydrogen-bond donors (Lipinski definition) is 1. The largest absolute Gasteiger partial charge is 0.384 e. The van der Waals surface area contributed by atoms with E-state index in [2.05, 4.69) is 14.9 Å². The average Bonchev–Trinajstić information content (AvgIpc) is 2.95. The van der Waals surface area contributed by atoms with E-state index in [4.69, 9.17) is 5.73 Å². The van der Waals surface area contributed by atoms with Crippen LogP contribution >= 0.6 is 11.3 Å². The standard InChI is InChI=1S/C17H20N6O2S/c1-3-23-14(24)8-21(2)16(25)15-10-4-5-22(7-11(10)26-17(15)23)13-6-12(18)19-9-20-13/h6,9H,3-5,7-8H2,1-2H3,(H2,18,19,20). The lowest BCUT2D eigenvalue weighted by Gasteiger charge is -2.28. The number of rotatable bonds is 2. The van der Waals surface area contributed by atoms with E-state index in [0.717, 1.165) is 34.2 Å². The minimum Gasteiger partial charge on any atom is -0.384 e. The van der Waals surface area contributed by atoms with Crippen molar-refractivity contribution in [1.29, 1.82) is 0 Å². The Balaban J connectivity index is 1.75. The normalized spacial score (nSPS) is 17.2. The van der Waals surface area contributed by atoms with Crippen LogP contribution in [0.4, 0.5) is 16.6 Å². The Hall–Kier alpha value is -2.68. The molecular formula is C17H20N6O2S. The number of amides is 2. The van der Waals surface area contributed by atoms with Crippen molar-refractivity contribution >= 4 is 39.8 Å². The number of nitrogen functional groups attached to an aromatic ring is 1. The van der Waals surface area contributed by atoms with E-state index in [9.17, 15) is 9.59 Å². The number of likely N-dealkylation sites (N-methyl/N-ethyl adjacent to an activating group) is 2. The predicted octanol–water partition coefficient (Wildman–Crippen LogP) is 1.12. The van der Waals surface area contributed by atoms with Crippen molar-refractivity contribution in [3.05, 3.63) is 28.4 Å². The Morgan fingerprint density at radius 3 is 2.81 bits per heavy atom. The minimum atomic E-state index is -0.0680. The van der Waals surface area contributed by atoms with E-state index < -0.39 is 0 Å². The van der Waals surface area contributed by atoms with Gasteiger partial charge in [0, 0.05) is 31.1 Å². The van der Waals surface area contributed by atoms with E-state index in [1.165, 1.54) is 22.6 Å². The third kappa shape index (κ3) is 2.59. The van der Waals surface area contributed by atoms with E-state index in [1.807, 2.05) is 6.92 Å². The highest BCUT2D eigenvalue weighted by Gasteiger charge is 2.36. The molecule has 4 heterocycles. The molecule has 2 aliphatic heterocycles. The van der Waals surface area contributed by atoms with Crippen LogP contribution in [0.15, 0.2) is 12.4 Å². The second-order valence-electron chi connectivity index (χ2n) is 6.46. The number of fused-ring (bicyclic) bond motifs is 3. The van der Waals surface area contributed by atoms with Crippen molar-refractivity contribution in [3.63, 3.8) is 0 Å². The zero-order chi connectivity index (χ0) is 18.4. The molecule has 9 heteroatoms. The lowest BCUT2D eigenvalue weighted by molar-refractivity contribution is -0.118. The van der Waals surface area contributed by atoms with Crippen LogP contribution in [0, 0.1) is 0 Å². The van der Waals surface area contributed by atoms with Crippen molar-refractivity contribution in [3.8, 4) is 0 Å². The van der Waals surface area contributed by atoms with Gasteiger partial charge in [-0.2, -0.15) is 0 Å². The zero-order valence-corrected chi connectivity index (χ0v) is 15.5. The molecule has 2 aromatic rings. The first-order valence-electron chi connectivity index (χ1n) is 8.52. The number of carbonyl (C=O) groups is 2. The van der Waals surface area contributed by atoms with Gasteiger partial charge in [-0.3, -0.25) is 9.59 Å². The van der Waals surface area contributed by atoms with Crippen LogP contribution < -0.4 is 15.5 Å². The van der Waals surface area contributed by atoms with Gasteiger partial charge in [0.2, 0.25) is 5.91 Å². The fraction of sp³-hybridized carbons (Fsp3) is 0.412. The van der Waals surface area contributed by atoms with Crippen molar-refractivity contribution in [1.82, 2.24) is 14.9 Å². The summed E-state index contributed by atoms with van der Waals surface area (Å²) < 4.78 is 0. The summed E-state index contributed by atoms with van der Waals surface area (Å²) in [6.45, 7) is 4.00. The molecular weight excluding hydrogens is 352 g/mol. The molecule has 26 heavy (non-hydrogen) atoms. The summed E-state index contributed by atoms with van der Waals surface area (Å²) in [6, 6.07) is 1.75. The second-order valence-corrected chi connectivity index (χ2v) is 7.54. The van der Waals surface area contributed by atoms with Crippen LogP contribution in [0.5, 0.6) is 0 Å². The summed E-state index contributed by atoms with van der Waals surface area (Å²) in [7, 11) is 1.69. The Morgan fingerprint density at radius 1 is 1.27 bits per heavy atom. The Morgan fingerprint density at radius 2 is 2.08 bits per heavy atom. The van der Waals surface area contributed by atoms with Crippen LogP contribution in [-0.4, -0.2) is 53.4 Å². The molecule has 2 N–H and O–H groups in total. The van der Waals surface area contributed by atoms with E-state index >= 15 is 0 Å². The molecule has 0 fully saturated rings. The molecule has 0 aromatic carbocycles. The van der Waals surface area contributed by atoms with Crippen LogP contribution in [-0.2, 0) is 17.8 Å². The molecule has 0 aliphatic carbocycles. The number of nitrogens with two attached hydrogens (primary N) is 1. The molecule has 0 saturated heterocycles. The number of aromatic nitrogens is 2. The highest BCUT2D eigenvalue weighted by Crippen LogP contribution is 2.41. The van der Waals surface area contributed by atoms with Crippen LogP contribution in [0.1, 0.15) is 27.7 Å². The summed E-state index contributed by atoms with van der Waals surface area (Å²) in [4.78, 5) is 40.1. The van der Waals surface area contributed by atoms with Gasteiger partial charge < -0.3 is 20.4 Å². The molecule has 2 aromatic heterocycles. The van der Waals surface area contributed by atoms with Crippen LogP contribution in [0.2, 0.25) is 0 Å². The van der Waals surface area contributed by atoms with Crippen molar-refractivity contribution in [2.45, 2.75) is 19.9 Å². The van der Waals surface area contributed by atoms with Gasteiger partial charge in [-0.1, -0.05) is 0 Å². The molecule has 0 bridgehead atoms. The van der Waals surface area contributed by atoms with Gasteiger partial charge in [0.25, 0.3) is 5.91 Å². The Bertz CT molecular complexity index is 895. The average molecular weight is 372 g/mol. The second kappa shape index (κ2) is 6.24. The maximum Gasteiger partial charge on any atom is 0.257 e. The van der Waals surface area contributed by atoms with E-state index in [0.29, 0.717) is 24.5 Å². The highest BCUT2D eigenvalue weighted by molar-refractivity contribution is 7.17. The van der Waals surface area contributed by atoms with Gasteiger partial charge >= 0.3 is 0 Å². The third-order valence-corrected chi connectivity index (χ3v) is 6.07. The fourth-order valence-electron chi connectivity index (χ4n) is 3.51. The summed E-state index contributed by atoms with van der Waals surface area (Å²) >= 11 is 1.54. The van der Waals surface area contributed by atoms with E-state index in [1.54, 1.807) is 18.0 Å². The first kappa shape index (κ1) is 16.8. The van der Waals surface area contributed by atoms with Gasteiger partial charge in [-0.05, 0) is 18.9 Å². The summed E-state index contributed by atoms with van der Waals surface area (Å²) in [6.07, 6.45) is 2.19. The van der Waals surface area contributed by atoms with Crippen molar-refractivity contribution in [2.75, 3.05) is 42.2 Å². The fourth-order valence-corrected chi connectivity index (χ4v) is 4.95. The maximum atomic E-state index is 12.9. The van der Waals surface area contributed by atoms with Gasteiger partial charge in [0.1, 0.15) is 29.5 Å². The monoisotopic (exact) mass is 372 g/mol. The van der Waals surface area contributed by atoms with E-state index in [-0.39, 0.29) is 18.4 Å². The summed E-state index contributed by atoms with van der Waals surface area (Å²) in [5, 5.41) is 0.779. The number of anilines is 3. The number of nitrogens with zero attached hydrogens (tertiary/aromatic N) is 5. The summed E-state index contributed by atoms with van der Waals surface area (Å²) in [5.41, 5.74) is 7.53. The Labute approximate surface area is 155 Å². The number of hydrogen-bond acceptors (Lipinski definition) is 7. The molecule has 0 atom stereocenters. The van der Waals surface area contributed by atoms with Gasteiger partial charge in [0.15, 0.2) is 0 Å². The number of carbonyl (C=O) groups excluding carboxylic acids is 2. The first-order chi connectivity index (χ1) is 12.5. The highest BCUT2D eigenvalue weighted by atomic mass is 32.1. The van der Waals surface area contributed by atoms with Crippen molar-refractivity contribution < 1.29 is 9.59 Å². The third-order valence-electron chi connectivity index (χ3n) is 4.83. The maximum absolute atomic E-state index is 12.9. The summed E-state index contributed by atoms with van der Waals surface area (Å²) in [5.74, 6) is 1.10. The van der Waals surface area contributed by atoms with Crippen LogP contribution in [0.3, 0.4) is 0 Å².